The smallest absolute Gasteiger partial charge is 0.257 e. The highest BCUT2D eigenvalue weighted by Gasteiger charge is 2.35. The van der Waals surface area contributed by atoms with Crippen molar-refractivity contribution in [2.24, 2.45) is 5.92 Å². The van der Waals surface area contributed by atoms with Crippen LogP contribution >= 0.6 is 11.6 Å². The molecule has 0 N–H and O–H groups in total. The summed E-state index contributed by atoms with van der Waals surface area (Å²) in [6.07, 6.45) is 6.50. The first-order valence-corrected chi connectivity index (χ1v) is 9.60. The topological polar surface area (TPSA) is 38.1 Å². The molecule has 4 nitrogen and oxygen atoms in total. The standard InChI is InChI=1S/C20H24ClN3O/c1-3-23(12-14-5-6-14)20(25)17-11-22-24(19(17)15-7-8-15)16-9-4-13(2)18(21)10-16/h4,9-11,14-15H,3,5-8,12H2,1-2H3. The summed E-state index contributed by atoms with van der Waals surface area (Å²) in [6, 6.07) is 5.96. The van der Waals surface area contributed by atoms with Crippen LogP contribution in [0.25, 0.3) is 5.69 Å². The number of hydrogen-bond acceptors (Lipinski definition) is 2. The van der Waals surface area contributed by atoms with Gasteiger partial charge in [0.15, 0.2) is 0 Å². The second-order valence-corrected chi connectivity index (χ2v) is 7.76. The maximum absolute atomic E-state index is 13.1. The van der Waals surface area contributed by atoms with Crippen molar-refractivity contribution < 1.29 is 4.79 Å². The van der Waals surface area contributed by atoms with Crippen molar-refractivity contribution in [3.63, 3.8) is 0 Å². The van der Waals surface area contributed by atoms with E-state index in [0.29, 0.717) is 11.8 Å². The minimum absolute atomic E-state index is 0.126. The van der Waals surface area contributed by atoms with E-state index in [1.165, 1.54) is 12.8 Å². The molecule has 0 unspecified atom stereocenters. The highest BCUT2D eigenvalue weighted by molar-refractivity contribution is 6.31. The van der Waals surface area contributed by atoms with Gasteiger partial charge < -0.3 is 4.90 Å². The molecule has 25 heavy (non-hydrogen) atoms. The second-order valence-electron chi connectivity index (χ2n) is 7.35. The first-order valence-electron chi connectivity index (χ1n) is 9.22. The molecule has 1 heterocycles. The molecular formula is C20H24ClN3O. The summed E-state index contributed by atoms with van der Waals surface area (Å²) in [7, 11) is 0. The zero-order valence-electron chi connectivity index (χ0n) is 14.8. The SMILES string of the molecule is CCN(CC1CC1)C(=O)c1cnn(-c2ccc(C)c(Cl)c2)c1C1CC1. The number of amides is 1. The molecule has 0 spiro atoms. The normalized spacial score (nSPS) is 16.9. The molecule has 2 aliphatic rings. The number of aromatic nitrogens is 2. The summed E-state index contributed by atoms with van der Waals surface area (Å²) in [4.78, 5) is 15.1. The largest absolute Gasteiger partial charge is 0.339 e. The molecule has 0 atom stereocenters. The van der Waals surface area contributed by atoms with Gasteiger partial charge in [-0.15, -0.1) is 0 Å². The number of benzene rings is 1. The van der Waals surface area contributed by atoms with Gasteiger partial charge in [0.1, 0.15) is 0 Å². The third-order valence-electron chi connectivity index (χ3n) is 5.25. The minimum atomic E-state index is 0.126. The predicted octanol–water partition coefficient (Wildman–Crippen LogP) is 4.58. The summed E-state index contributed by atoms with van der Waals surface area (Å²) in [5, 5.41) is 5.29. The Morgan fingerprint density at radius 2 is 2.08 bits per heavy atom. The maximum atomic E-state index is 13.1. The van der Waals surface area contributed by atoms with E-state index in [4.69, 9.17) is 11.6 Å². The van der Waals surface area contributed by atoms with Crippen LogP contribution in [0.1, 0.15) is 60.1 Å². The number of carbonyl (C=O) groups excluding carboxylic acids is 1. The van der Waals surface area contributed by atoms with Crippen LogP contribution in [-0.2, 0) is 0 Å². The average molecular weight is 358 g/mol. The quantitative estimate of drug-likeness (QED) is 0.758. The maximum Gasteiger partial charge on any atom is 0.257 e. The first kappa shape index (κ1) is 16.6. The van der Waals surface area contributed by atoms with Crippen molar-refractivity contribution in [1.29, 1.82) is 0 Å². The summed E-state index contributed by atoms with van der Waals surface area (Å²) < 4.78 is 1.92. The molecule has 2 aliphatic carbocycles. The van der Waals surface area contributed by atoms with Crippen LogP contribution in [-0.4, -0.2) is 33.7 Å². The van der Waals surface area contributed by atoms with Gasteiger partial charge in [0.25, 0.3) is 5.91 Å². The van der Waals surface area contributed by atoms with Gasteiger partial charge in [-0.25, -0.2) is 4.68 Å². The van der Waals surface area contributed by atoms with Crippen molar-refractivity contribution in [3.05, 3.63) is 46.2 Å². The Morgan fingerprint density at radius 1 is 1.32 bits per heavy atom. The van der Waals surface area contributed by atoms with Gasteiger partial charge in [-0.1, -0.05) is 17.7 Å². The van der Waals surface area contributed by atoms with Crippen LogP contribution in [0.2, 0.25) is 5.02 Å². The fourth-order valence-electron chi connectivity index (χ4n) is 3.33. The lowest BCUT2D eigenvalue weighted by molar-refractivity contribution is 0.0755. The number of halogens is 1. The lowest BCUT2D eigenvalue weighted by atomic mass is 10.1. The van der Waals surface area contributed by atoms with Crippen LogP contribution in [0.3, 0.4) is 0 Å². The van der Waals surface area contributed by atoms with Crippen LogP contribution in [0.4, 0.5) is 0 Å². The Hall–Kier alpha value is -1.81. The monoisotopic (exact) mass is 357 g/mol. The van der Waals surface area contributed by atoms with Crippen LogP contribution in [0.15, 0.2) is 24.4 Å². The Morgan fingerprint density at radius 3 is 2.68 bits per heavy atom. The van der Waals surface area contributed by atoms with Crippen molar-refractivity contribution in [2.45, 2.75) is 45.4 Å². The van der Waals surface area contributed by atoms with Crippen LogP contribution in [0, 0.1) is 12.8 Å². The molecule has 1 amide bonds. The van der Waals surface area contributed by atoms with Gasteiger partial charge >= 0.3 is 0 Å². The first-order chi connectivity index (χ1) is 12.1. The molecule has 1 aromatic carbocycles. The summed E-state index contributed by atoms with van der Waals surface area (Å²) in [5.41, 5.74) is 3.80. The molecule has 2 fully saturated rings. The molecule has 0 radical (unpaired) electrons. The van der Waals surface area contributed by atoms with E-state index in [2.05, 4.69) is 12.0 Å². The Kier molecular flexibility index (Phi) is 4.32. The highest BCUT2D eigenvalue weighted by atomic mass is 35.5. The molecule has 0 bridgehead atoms. The van der Waals surface area contributed by atoms with Crippen LogP contribution < -0.4 is 0 Å². The van der Waals surface area contributed by atoms with Crippen molar-refractivity contribution in [1.82, 2.24) is 14.7 Å². The lowest BCUT2D eigenvalue weighted by Crippen LogP contribution is -2.33. The second kappa shape index (κ2) is 6.49. The summed E-state index contributed by atoms with van der Waals surface area (Å²) in [6.45, 7) is 5.67. The molecule has 2 aromatic rings. The highest BCUT2D eigenvalue weighted by Crippen LogP contribution is 2.43. The lowest BCUT2D eigenvalue weighted by Gasteiger charge is -2.21. The molecule has 132 valence electrons. The zero-order chi connectivity index (χ0) is 17.6. The van der Waals surface area contributed by atoms with Gasteiger partial charge in [0.05, 0.1) is 23.1 Å². The van der Waals surface area contributed by atoms with Gasteiger partial charge in [-0.3, -0.25) is 4.79 Å². The van der Waals surface area contributed by atoms with E-state index in [9.17, 15) is 4.79 Å². The molecule has 0 aliphatic heterocycles. The van der Waals surface area contributed by atoms with Gasteiger partial charge in [-0.05, 0) is 63.1 Å². The average Bonchev–Trinajstić information content (AvgIpc) is 3.54. The molecule has 1 aromatic heterocycles. The van der Waals surface area contributed by atoms with E-state index < -0.39 is 0 Å². The third-order valence-corrected chi connectivity index (χ3v) is 5.65. The Labute approximate surface area is 153 Å². The van der Waals surface area contributed by atoms with Gasteiger partial charge in [-0.2, -0.15) is 5.10 Å². The van der Waals surface area contributed by atoms with E-state index in [1.54, 1.807) is 6.20 Å². The zero-order valence-corrected chi connectivity index (χ0v) is 15.6. The van der Waals surface area contributed by atoms with Crippen molar-refractivity contribution in [3.8, 4) is 5.69 Å². The molecule has 2 saturated carbocycles. The minimum Gasteiger partial charge on any atom is -0.339 e. The summed E-state index contributed by atoms with van der Waals surface area (Å²) >= 11 is 6.30. The van der Waals surface area contributed by atoms with E-state index in [-0.39, 0.29) is 5.91 Å². The Bertz CT molecular complexity index is 805. The van der Waals surface area contributed by atoms with Crippen molar-refractivity contribution in [2.75, 3.05) is 13.1 Å². The third kappa shape index (κ3) is 3.32. The van der Waals surface area contributed by atoms with E-state index >= 15 is 0 Å². The molecule has 4 rings (SSSR count). The van der Waals surface area contributed by atoms with Crippen molar-refractivity contribution >= 4 is 17.5 Å². The fraction of sp³-hybridized carbons (Fsp3) is 0.500. The van der Waals surface area contributed by atoms with Gasteiger partial charge in [0.2, 0.25) is 0 Å². The fourth-order valence-corrected chi connectivity index (χ4v) is 3.50. The van der Waals surface area contributed by atoms with Gasteiger partial charge in [0, 0.05) is 24.0 Å². The Balaban J connectivity index is 1.70. The number of carbonyl (C=O) groups is 1. The molecular weight excluding hydrogens is 334 g/mol. The van der Waals surface area contributed by atoms with E-state index in [1.807, 2.05) is 34.7 Å². The van der Waals surface area contributed by atoms with Crippen LogP contribution in [0.5, 0.6) is 0 Å². The number of hydrogen-bond donors (Lipinski definition) is 0. The summed E-state index contributed by atoms with van der Waals surface area (Å²) in [5.74, 6) is 1.25. The predicted molar refractivity (Wildman–Crippen MR) is 99.6 cm³/mol. The molecule has 5 heteroatoms. The van der Waals surface area contributed by atoms with E-state index in [0.717, 1.165) is 53.5 Å². The number of aryl methyl sites for hydroxylation is 1. The number of nitrogens with zero attached hydrogens (tertiary/aromatic N) is 3. The molecule has 0 saturated heterocycles. The number of rotatable bonds is 6.